The van der Waals surface area contributed by atoms with Crippen molar-refractivity contribution in [2.75, 3.05) is 18.5 Å². The van der Waals surface area contributed by atoms with Gasteiger partial charge in [-0.1, -0.05) is 115 Å². The minimum Gasteiger partial charge on any atom is -0.492 e. The Bertz CT molecular complexity index is 1730. The van der Waals surface area contributed by atoms with Crippen LogP contribution in [0.5, 0.6) is 5.75 Å². The maximum Gasteiger partial charge on any atom is 0.326 e. The fourth-order valence-electron chi connectivity index (χ4n) is 5.26. The Labute approximate surface area is 268 Å². The maximum absolute atomic E-state index is 13.2. The van der Waals surface area contributed by atoms with Gasteiger partial charge in [-0.2, -0.15) is 0 Å². The van der Waals surface area contributed by atoms with E-state index in [0.717, 1.165) is 16.7 Å². The monoisotopic (exact) mass is 612 g/mol. The first-order chi connectivity index (χ1) is 22.5. The van der Waals surface area contributed by atoms with E-state index in [1.807, 2.05) is 78.9 Å². The van der Waals surface area contributed by atoms with Gasteiger partial charge in [-0.3, -0.25) is 9.59 Å². The third kappa shape index (κ3) is 8.70. The summed E-state index contributed by atoms with van der Waals surface area (Å²) in [6.07, 6.45) is 0.794. The summed E-state index contributed by atoms with van der Waals surface area (Å²) in [6.45, 7) is 0.619. The molecule has 0 fully saturated rings. The highest BCUT2D eigenvalue weighted by molar-refractivity contribution is 6.12. The highest BCUT2D eigenvalue weighted by atomic mass is 16.5. The van der Waals surface area contributed by atoms with Crippen LogP contribution >= 0.6 is 0 Å². The SMILES string of the molecule is O=C(c1ccccc1)c1ccccc1N[C@@H](Cc1ccc(OCCNC(=O)C(Cc2ccccc2)c2ccccc2)cc1)C(=O)O. The summed E-state index contributed by atoms with van der Waals surface area (Å²) in [6, 6.07) is 41.8. The summed E-state index contributed by atoms with van der Waals surface area (Å²) in [4.78, 5) is 38.5. The molecule has 232 valence electrons. The lowest BCUT2D eigenvalue weighted by Crippen LogP contribution is -2.33. The van der Waals surface area contributed by atoms with Gasteiger partial charge < -0.3 is 20.5 Å². The number of hydrogen-bond acceptors (Lipinski definition) is 5. The minimum atomic E-state index is -1.03. The molecule has 2 atom stereocenters. The Balaban J connectivity index is 1.15. The first-order valence-corrected chi connectivity index (χ1v) is 15.2. The van der Waals surface area contributed by atoms with Crippen molar-refractivity contribution in [2.45, 2.75) is 24.8 Å². The number of rotatable bonds is 15. The van der Waals surface area contributed by atoms with Crippen molar-refractivity contribution in [1.29, 1.82) is 0 Å². The molecular weight excluding hydrogens is 576 g/mol. The number of nitrogens with one attached hydrogen (secondary N) is 2. The Kier molecular flexibility index (Phi) is 10.9. The molecule has 0 aliphatic rings. The first-order valence-electron chi connectivity index (χ1n) is 15.2. The zero-order valence-corrected chi connectivity index (χ0v) is 25.3. The molecule has 5 aromatic carbocycles. The summed E-state index contributed by atoms with van der Waals surface area (Å²) in [5.74, 6) is -0.979. The molecule has 1 amide bonds. The van der Waals surface area contributed by atoms with Gasteiger partial charge in [0.25, 0.3) is 0 Å². The molecule has 5 aromatic rings. The van der Waals surface area contributed by atoms with Crippen LogP contribution in [0.2, 0.25) is 0 Å². The zero-order chi connectivity index (χ0) is 32.1. The molecule has 5 rings (SSSR count). The van der Waals surface area contributed by atoms with Crippen LogP contribution in [0.1, 0.15) is 38.5 Å². The van der Waals surface area contributed by atoms with Crippen LogP contribution in [-0.2, 0) is 22.4 Å². The van der Waals surface area contributed by atoms with Gasteiger partial charge in [0.2, 0.25) is 5.91 Å². The fraction of sp³-hybridized carbons (Fsp3) is 0.154. The molecule has 0 aliphatic heterocycles. The number of amides is 1. The smallest absolute Gasteiger partial charge is 0.326 e. The van der Waals surface area contributed by atoms with E-state index < -0.39 is 12.0 Å². The third-order valence-electron chi connectivity index (χ3n) is 7.67. The van der Waals surface area contributed by atoms with E-state index in [0.29, 0.717) is 35.5 Å². The molecule has 0 radical (unpaired) electrons. The normalized spacial score (nSPS) is 12.0. The number of benzene rings is 5. The van der Waals surface area contributed by atoms with Crippen molar-refractivity contribution < 1.29 is 24.2 Å². The van der Waals surface area contributed by atoms with Crippen molar-refractivity contribution in [1.82, 2.24) is 5.32 Å². The maximum atomic E-state index is 13.2. The summed E-state index contributed by atoms with van der Waals surface area (Å²) < 4.78 is 5.86. The van der Waals surface area contributed by atoms with E-state index in [4.69, 9.17) is 4.74 Å². The van der Waals surface area contributed by atoms with E-state index in [9.17, 15) is 19.5 Å². The van der Waals surface area contributed by atoms with E-state index >= 15 is 0 Å². The van der Waals surface area contributed by atoms with Gasteiger partial charge in [0, 0.05) is 23.2 Å². The highest BCUT2D eigenvalue weighted by Gasteiger charge is 2.22. The second-order valence-electron chi connectivity index (χ2n) is 10.9. The quantitative estimate of drug-likeness (QED) is 0.0916. The van der Waals surface area contributed by atoms with E-state index in [1.165, 1.54) is 0 Å². The fourth-order valence-corrected chi connectivity index (χ4v) is 5.26. The number of anilines is 1. The number of para-hydroxylation sites is 1. The molecule has 1 unspecified atom stereocenters. The standard InChI is InChI=1S/C39H36N2O5/c42-37(31-16-8-3-9-17-31)33-18-10-11-19-35(33)41-36(39(44)45)27-29-20-22-32(23-21-29)46-25-24-40-38(43)34(30-14-6-2-7-15-30)26-28-12-4-1-5-13-28/h1-23,34,36,41H,24-27H2,(H,40,43)(H,44,45)/t34?,36-/m0/s1. The van der Waals surface area contributed by atoms with E-state index in [2.05, 4.69) is 10.6 Å². The van der Waals surface area contributed by atoms with Gasteiger partial charge in [0.15, 0.2) is 5.78 Å². The lowest BCUT2D eigenvalue weighted by Gasteiger charge is -2.19. The molecule has 3 N–H and O–H groups in total. The Morgan fingerprint density at radius 1 is 0.652 bits per heavy atom. The van der Waals surface area contributed by atoms with Crippen LogP contribution in [0.15, 0.2) is 140 Å². The molecule has 0 spiro atoms. The number of carbonyl (C=O) groups is 3. The van der Waals surface area contributed by atoms with Crippen molar-refractivity contribution in [3.8, 4) is 5.75 Å². The Morgan fingerprint density at radius 2 is 1.24 bits per heavy atom. The summed E-state index contributed by atoms with van der Waals surface area (Å²) in [7, 11) is 0. The lowest BCUT2D eigenvalue weighted by molar-refractivity contribution is -0.137. The largest absolute Gasteiger partial charge is 0.492 e. The van der Waals surface area contributed by atoms with E-state index in [1.54, 1.807) is 60.7 Å². The summed E-state index contributed by atoms with van der Waals surface area (Å²) in [5, 5.41) is 16.0. The van der Waals surface area contributed by atoms with Crippen molar-refractivity contribution in [2.24, 2.45) is 0 Å². The molecule has 0 bridgehead atoms. The van der Waals surface area contributed by atoms with Crippen LogP contribution < -0.4 is 15.4 Å². The predicted octanol–water partition coefficient (Wildman–Crippen LogP) is 6.55. The number of aliphatic carboxylic acids is 1. The number of hydrogen-bond donors (Lipinski definition) is 3. The second kappa shape index (κ2) is 15.9. The van der Waals surface area contributed by atoms with Crippen LogP contribution in [-0.4, -0.2) is 42.0 Å². The van der Waals surface area contributed by atoms with Gasteiger partial charge in [-0.15, -0.1) is 0 Å². The van der Waals surface area contributed by atoms with Crippen molar-refractivity contribution in [3.05, 3.63) is 167 Å². The van der Waals surface area contributed by atoms with Crippen LogP contribution in [0.25, 0.3) is 0 Å². The Morgan fingerprint density at radius 3 is 1.91 bits per heavy atom. The van der Waals surface area contributed by atoms with Crippen LogP contribution in [0.3, 0.4) is 0 Å². The van der Waals surface area contributed by atoms with Gasteiger partial charge in [0.05, 0.1) is 12.5 Å². The minimum absolute atomic E-state index is 0.0618. The molecule has 0 aliphatic carbocycles. The average molecular weight is 613 g/mol. The van der Waals surface area contributed by atoms with Crippen molar-refractivity contribution in [3.63, 3.8) is 0 Å². The third-order valence-corrected chi connectivity index (χ3v) is 7.67. The topological polar surface area (TPSA) is 105 Å². The van der Waals surface area contributed by atoms with Crippen LogP contribution in [0, 0.1) is 0 Å². The molecule has 0 saturated carbocycles. The van der Waals surface area contributed by atoms with Crippen LogP contribution in [0.4, 0.5) is 5.69 Å². The Hall–Kier alpha value is -5.69. The van der Waals surface area contributed by atoms with Gasteiger partial charge in [-0.05, 0) is 47.4 Å². The number of carbonyl (C=O) groups excluding carboxylic acids is 2. The number of ketones is 1. The molecule has 0 saturated heterocycles. The molecule has 7 heteroatoms. The number of ether oxygens (including phenoxy) is 1. The van der Waals surface area contributed by atoms with Crippen molar-refractivity contribution >= 4 is 23.3 Å². The summed E-state index contributed by atoms with van der Waals surface area (Å²) in [5.41, 5.74) is 4.24. The number of carboxylic acid groups (broad SMARTS) is 1. The lowest BCUT2D eigenvalue weighted by atomic mass is 9.91. The van der Waals surface area contributed by atoms with Gasteiger partial charge >= 0.3 is 5.97 Å². The molecule has 46 heavy (non-hydrogen) atoms. The van der Waals surface area contributed by atoms with E-state index in [-0.39, 0.29) is 30.6 Å². The molecule has 0 aromatic heterocycles. The summed E-state index contributed by atoms with van der Waals surface area (Å²) >= 11 is 0. The molecule has 7 nitrogen and oxygen atoms in total. The first kappa shape index (κ1) is 31.7. The average Bonchev–Trinajstić information content (AvgIpc) is 3.10. The predicted molar refractivity (Wildman–Crippen MR) is 179 cm³/mol. The molecular formula is C39H36N2O5. The number of carboxylic acids is 1. The van der Waals surface area contributed by atoms with Gasteiger partial charge in [-0.25, -0.2) is 4.79 Å². The zero-order valence-electron chi connectivity index (χ0n) is 25.3. The molecule has 0 heterocycles. The second-order valence-corrected chi connectivity index (χ2v) is 10.9. The van der Waals surface area contributed by atoms with Gasteiger partial charge in [0.1, 0.15) is 18.4 Å². The highest BCUT2D eigenvalue weighted by Crippen LogP contribution is 2.23.